The van der Waals surface area contributed by atoms with Crippen molar-refractivity contribution in [2.45, 2.75) is 0 Å². The van der Waals surface area contributed by atoms with E-state index in [2.05, 4.69) is 66.7 Å². The first-order chi connectivity index (χ1) is 13.8. The minimum atomic E-state index is 0.810. The number of piperazine rings is 1. The van der Waals surface area contributed by atoms with Crippen LogP contribution in [0.1, 0.15) is 0 Å². The Hall–Kier alpha value is -3.25. The zero-order valence-electron chi connectivity index (χ0n) is 15.9. The maximum Gasteiger partial charge on any atom is 0.225 e. The molecule has 4 aromatic rings. The zero-order valence-corrected chi connectivity index (χ0v) is 15.9. The lowest BCUT2D eigenvalue weighted by atomic mass is 10.1. The maximum absolute atomic E-state index is 4.61. The zero-order chi connectivity index (χ0) is 18.9. The minimum Gasteiger partial charge on any atom is -0.338 e. The summed E-state index contributed by atoms with van der Waals surface area (Å²) in [7, 11) is 2.15. The fourth-order valence-corrected chi connectivity index (χ4v) is 3.62. The van der Waals surface area contributed by atoms with Gasteiger partial charge >= 0.3 is 0 Å². The van der Waals surface area contributed by atoms with Crippen molar-refractivity contribution in [1.82, 2.24) is 24.3 Å². The average Bonchev–Trinajstić information content (AvgIpc) is 3.18. The van der Waals surface area contributed by atoms with Crippen molar-refractivity contribution < 1.29 is 0 Å². The SMILES string of the molecule is CN1CCN(c2ncc(-c3ccn4c(-c5ccccc5)cnc4c3)cn2)CC1. The minimum absolute atomic E-state index is 0.810. The Morgan fingerprint density at radius 2 is 1.50 bits per heavy atom. The monoisotopic (exact) mass is 370 g/mol. The molecule has 1 aliphatic rings. The third kappa shape index (κ3) is 3.12. The molecule has 0 spiro atoms. The summed E-state index contributed by atoms with van der Waals surface area (Å²) in [6.07, 6.45) is 7.80. The van der Waals surface area contributed by atoms with Crippen LogP contribution < -0.4 is 4.90 Å². The molecule has 3 aromatic heterocycles. The van der Waals surface area contributed by atoms with Crippen molar-refractivity contribution in [3.8, 4) is 22.4 Å². The van der Waals surface area contributed by atoms with Crippen molar-refractivity contribution in [3.63, 3.8) is 0 Å². The van der Waals surface area contributed by atoms with E-state index in [1.807, 2.05) is 36.8 Å². The number of anilines is 1. The number of fused-ring (bicyclic) bond motifs is 1. The van der Waals surface area contributed by atoms with Gasteiger partial charge in [0.25, 0.3) is 0 Å². The van der Waals surface area contributed by atoms with Gasteiger partial charge in [0.05, 0.1) is 11.9 Å². The van der Waals surface area contributed by atoms with Crippen LogP contribution >= 0.6 is 0 Å². The van der Waals surface area contributed by atoms with E-state index < -0.39 is 0 Å². The van der Waals surface area contributed by atoms with Crippen LogP contribution in [0, 0.1) is 0 Å². The number of benzene rings is 1. The van der Waals surface area contributed by atoms with E-state index in [1.165, 1.54) is 0 Å². The van der Waals surface area contributed by atoms with Gasteiger partial charge in [-0.3, -0.25) is 4.40 Å². The largest absolute Gasteiger partial charge is 0.338 e. The molecule has 5 rings (SSSR count). The Morgan fingerprint density at radius 1 is 0.750 bits per heavy atom. The Bertz CT molecular complexity index is 1080. The highest BCUT2D eigenvalue weighted by Crippen LogP contribution is 2.25. The van der Waals surface area contributed by atoms with Gasteiger partial charge in [0.1, 0.15) is 5.65 Å². The quantitative estimate of drug-likeness (QED) is 0.554. The molecule has 1 aromatic carbocycles. The average molecular weight is 370 g/mol. The first kappa shape index (κ1) is 16.9. The molecule has 0 atom stereocenters. The van der Waals surface area contributed by atoms with Crippen molar-refractivity contribution in [3.05, 3.63) is 67.3 Å². The standard InChI is InChI=1S/C22H22N6/c1-26-9-11-27(12-10-26)22-24-14-19(15-25-22)18-7-8-28-20(16-23-21(28)13-18)17-5-3-2-4-6-17/h2-8,13-16H,9-12H2,1H3. The molecule has 0 aliphatic carbocycles. The number of aromatic nitrogens is 4. The highest BCUT2D eigenvalue weighted by atomic mass is 15.3. The molecule has 1 aliphatic heterocycles. The van der Waals surface area contributed by atoms with Gasteiger partial charge in [-0.2, -0.15) is 0 Å². The van der Waals surface area contributed by atoms with Crippen LogP contribution in [-0.4, -0.2) is 57.5 Å². The predicted octanol–water partition coefficient (Wildman–Crippen LogP) is 3.21. The Morgan fingerprint density at radius 3 is 2.25 bits per heavy atom. The van der Waals surface area contributed by atoms with E-state index in [1.54, 1.807) is 0 Å². The lowest BCUT2D eigenvalue weighted by Gasteiger charge is -2.32. The van der Waals surface area contributed by atoms with Gasteiger partial charge < -0.3 is 9.80 Å². The number of pyridine rings is 1. The van der Waals surface area contributed by atoms with Crippen LogP contribution in [0.5, 0.6) is 0 Å². The van der Waals surface area contributed by atoms with Crippen molar-refractivity contribution in [2.24, 2.45) is 0 Å². The fraction of sp³-hybridized carbons (Fsp3) is 0.227. The fourth-order valence-electron chi connectivity index (χ4n) is 3.62. The number of imidazole rings is 1. The molecule has 0 N–H and O–H groups in total. The van der Waals surface area contributed by atoms with Gasteiger partial charge in [-0.25, -0.2) is 15.0 Å². The van der Waals surface area contributed by atoms with Gasteiger partial charge in [0.2, 0.25) is 5.95 Å². The molecule has 1 fully saturated rings. The van der Waals surface area contributed by atoms with E-state index in [0.717, 1.165) is 60.2 Å². The summed E-state index contributed by atoms with van der Waals surface area (Å²) < 4.78 is 2.11. The molecule has 28 heavy (non-hydrogen) atoms. The molecule has 4 heterocycles. The lowest BCUT2D eigenvalue weighted by molar-refractivity contribution is 0.311. The van der Waals surface area contributed by atoms with E-state index in [0.29, 0.717) is 0 Å². The van der Waals surface area contributed by atoms with Gasteiger partial charge in [0.15, 0.2) is 0 Å². The molecule has 1 saturated heterocycles. The highest BCUT2D eigenvalue weighted by molar-refractivity contribution is 5.70. The summed E-state index contributed by atoms with van der Waals surface area (Å²) in [5, 5.41) is 0. The van der Waals surface area contributed by atoms with E-state index in [-0.39, 0.29) is 0 Å². The van der Waals surface area contributed by atoms with Crippen LogP contribution in [0.4, 0.5) is 5.95 Å². The normalized spacial score (nSPS) is 15.2. The summed E-state index contributed by atoms with van der Waals surface area (Å²) in [6, 6.07) is 14.5. The topological polar surface area (TPSA) is 49.6 Å². The van der Waals surface area contributed by atoms with Crippen molar-refractivity contribution >= 4 is 11.6 Å². The van der Waals surface area contributed by atoms with E-state index in [4.69, 9.17) is 0 Å². The van der Waals surface area contributed by atoms with Gasteiger partial charge in [0, 0.05) is 55.9 Å². The molecule has 0 saturated carbocycles. The third-order valence-electron chi connectivity index (χ3n) is 5.34. The number of likely N-dealkylation sites (N-methyl/N-ethyl adjacent to an activating group) is 1. The first-order valence-corrected chi connectivity index (χ1v) is 9.56. The summed E-state index contributed by atoms with van der Waals surface area (Å²) in [5.74, 6) is 0.810. The molecular formula is C22H22N6. The Kier molecular flexibility index (Phi) is 4.25. The molecule has 0 amide bonds. The van der Waals surface area contributed by atoms with Crippen LogP contribution in [0.25, 0.3) is 28.0 Å². The maximum atomic E-state index is 4.61. The highest BCUT2D eigenvalue weighted by Gasteiger charge is 2.16. The third-order valence-corrected chi connectivity index (χ3v) is 5.34. The summed E-state index contributed by atoms with van der Waals surface area (Å²) >= 11 is 0. The number of rotatable bonds is 3. The second kappa shape index (κ2) is 7.05. The lowest BCUT2D eigenvalue weighted by Crippen LogP contribution is -2.45. The molecule has 6 heteroatoms. The first-order valence-electron chi connectivity index (χ1n) is 9.56. The predicted molar refractivity (Wildman–Crippen MR) is 111 cm³/mol. The van der Waals surface area contributed by atoms with E-state index >= 15 is 0 Å². The molecule has 0 radical (unpaired) electrons. The van der Waals surface area contributed by atoms with Crippen LogP contribution in [-0.2, 0) is 0 Å². The Balaban J connectivity index is 1.42. The van der Waals surface area contributed by atoms with Crippen LogP contribution in [0.2, 0.25) is 0 Å². The number of hydrogen-bond acceptors (Lipinski definition) is 5. The smallest absolute Gasteiger partial charge is 0.225 e. The molecular weight excluding hydrogens is 348 g/mol. The van der Waals surface area contributed by atoms with E-state index in [9.17, 15) is 0 Å². The Labute approximate surface area is 164 Å². The molecule has 140 valence electrons. The molecule has 0 unspecified atom stereocenters. The number of nitrogens with zero attached hydrogens (tertiary/aromatic N) is 6. The van der Waals surface area contributed by atoms with Crippen LogP contribution in [0.3, 0.4) is 0 Å². The van der Waals surface area contributed by atoms with Gasteiger partial charge in [-0.05, 0) is 24.7 Å². The van der Waals surface area contributed by atoms with Gasteiger partial charge in [-0.15, -0.1) is 0 Å². The number of hydrogen-bond donors (Lipinski definition) is 0. The van der Waals surface area contributed by atoms with Crippen LogP contribution in [0.15, 0.2) is 67.3 Å². The second-order valence-electron chi connectivity index (χ2n) is 7.22. The summed E-state index contributed by atoms with van der Waals surface area (Å²) in [6.45, 7) is 4.03. The van der Waals surface area contributed by atoms with Crippen molar-refractivity contribution in [1.29, 1.82) is 0 Å². The molecule has 0 bridgehead atoms. The summed E-state index contributed by atoms with van der Waals surface area (Å²) in [4.78, 5) is 18.4. The second-order valence-corrected chi connectivity index (χ2v) is 7.22. The summed E-state index contributed by atoms with van der Waals surface area (Å²) in [5.41, 5.74) is 5.23. The molecule has 6 nitrogen and oxygen atoms in total. The van der Waals surface area contributed by atoms with Gasteiger partial charge in [-0.1, -0.05) is 30.3 Å². The van der Waals surface area contributed by atoms with Crippen molar-refractivity contribution in [2.75, 3.05) is 38.1 Å².